The molecule has 0 heterocycles. The summed E-state index contributed by atoms with van der Waals surface area (Å²) in [5.41, 5.74) is 0.562. The van der Waals surface area contributed by atoms with Gasteiger partial charge in [-0.15, -0.1) is 0 Å². The number of amides is 1. The van der Waals surface area contributed by atoms with Crippen molar-refractivity contribution in [3.8, 4) is 0 Å². The van der Waals surface area contributed by atoms with E-state index in [0.717, 1.165) is 0 Å². The number of carbonyl (C=O) groups is 2. The maximum atomic E-state index is 12.9. The number of ether oxygens (including phenoxy) is 1. The molecule has 0 radical (unpaired) electrons. The lowest BCUT2D eigenvalue weighted by molar-refractivity contribution is -0.145. The Labute approximate surface area is 105 Å². The molecule has 0 spiro atoms. The maximum Gasteiger partial charge on any atom is 0.328 e. The van der Waals surface area contributed by atoms with Gasteiger partial charge in [-0.05, 0) is 24.1 Å². The second-order valence-corrected chi connectivity index (χ2v) is 3.86. The monoisotopic (exact) mass is 253 g/mol. The van der Waals surface area contributed by atoms with Crippen molar-refractivity contribution in [3.05, 3.63) is 35.6 Å². The Kier molecular flexibility index (Phi) is 5.30. The predicted molar refractivity (Wildman–Crippen MR) is 64.3 cm³/mol. The molecule has 1 N–H and O–H groups in total. The summed E-state index contributed by atoms with van der Waals surface area (Å²) in [7, 11) is 1.27. The molecule has 1 atom stereocenters. The molecule has 0 saturated carbocycles. The van der Waals surface area contributed by atoms with E-state index in [1.165, 1.54) is 25.3 Å². The van der Waals surface area contributed by atoms with Crippen LogP contribution in [-0.2, 0) is 20.7 Å². The minimum absolute atomic E-state index is 0.0330. The lowest BCUT2D eigenvalue weighted by Gasteiger charge is -2.14. The third kappa shape index (κ3) is 4.16. The number of halogens is 1. The summed E-state index contributed by atoms with van der Waals surface area (Å²) in [4.78, 5) is 23.0. The number of hydrogen-bond acceptors (Lipinski definition) is 3. The van der Waals surface area contributed by atoms with Crippen LogP contribution in [0.2, 0.25) is 0 Å². The highest BCUT2D eigenvalue weighted by Crippen LogP contribution is 2.04. The first-order chi connectivity index (χ1) is 8.56. The predicted octanol–water partition coefficient (Wildman–Crippen LogP) is 1.44. The molecule has 0 aromatic heterocycles. The number of nitrogens with one attached hydrogen (secondary N) is 1. The van der Waals surface area contributed by atoms with E-state index in [-0.39, 0.29) is 18.1 Å². The van der Waals surface area contributed by atoms with Crippen LogP contribution in [0.1, 0.15) is 18.9 Å². The van der Waals surface area contributed by atoms with Gasteiger partial charge in [-0.1, -0.05) is 19.1 Å². The van der Waals surface area contributed by atoms with Gasteiger partial charge in [-0.3, -0.25) is 4.79 Å². The quantitative estimate of drug-likeness (QED) is 0.808. The Hall–Kier alpha value is -1.91. The van der Waals surface area contributed by atoms with Crippen molar-refractivity contribution in [2.24, 2.45) is 0 Å². The van der Waals surface area contributed by atoms with E-state index >= 15 is 0 Å². The summed E-state index contributed by atoms with van der Waals surface area (Å²) in [5.74, 6) is -1.21. The number of esters is 1. The topological polar surface area (TPSA) is 55.4 Å². The van der Waals surface area contributed by atoms with Gasteiger partial charge >= 0.3 is 5.97 Å². The average Bonchev–Trinajstić information content (AvgIpc) is 2.35. The van der Waals surface area contributed by atoms with Crippen molar-refractivity contribution in [3.63, 3.8) is 0 Å². The number of carbonyl (C=O) groups excluding carboxylic acids is 2. The van der Waals surface area contributed by atoms with Crippen molar-refractivity contribution in [1.82, 2.24) is 5.32 Å². The minimum Gasteiger partial charge on any atom is -0.467 e. The molecule has 0 unspecified atom stereocenters. The Bertz CT molecular complexity index is 434. The molecule has 18 heavy (non-hydrogen) atoms. The van der Waals surface area contributed by atoms with Crippen molar-refractivity contribution in [2.45, 2.75) is 25.8 Å². The molecular formula is C13H16FNO3. The van der Waals surface area contributed by atoms with Gasteiger partial charge in [0, 0.05) is 0 Å². The Morgan fingerprint density at radius 1 is 1.44 bits per heavy atom. The largest absolute Gasteiger partial charge is 0.467 e. The van der Waals surface area contributed by atoms with Gasteiger partial charge in [0.25, 0.3) is 0 Å². The molecule has 1 aromatic rings. The highest BCUT2D eigenvalue weighted by molar-refractivity contribution is 5.85. The maximum absolute atomic E-state index is 12.9. The third-order valence-electron chi connectivity index (χ3n) is 2.48. The second kappa shape index (κ2) is 6.74. The van der Waals surface area contributed by atoms with Gasteiger partial charge in [0.05, 0.1) is 13.5 Å². The van der Waals surface area contributed by atoms with E-state index in [9.17, 15) is 14.0 Å². The van der Waals surface area contributed by atoms with E-state index < -0.39 is 12.0 Å². The van der Waals surface area contributed by atoms with Crippen LogP contribution in [0.15, 0.2) is 24.3 Å². The molecule has 0 aliphatic heterocycles. The average molecular weight is 253 g/mol. The third-order valence-corrected chi connectivity index (χ3v) is 2.48. The fourth-order valence-corrected chi connectivity index (χ4v) is 1.55. The molecule has 0 saturated heterocycles. The lowest BCUT2D eigenvalue weighted by atomic mass is 10.1. The molecule has 1 aromatic carbocycles. The van der Waals surface area contributed by atoms with Crippen molar-refractivity contribution in [1.29, 1.82) is 0 Å². The molecule has 0 bridgehead atoms. The summed E-state index contributed by atoms with van der Waals surface area (Å²) in [6.45, 7) is 1.77. The molecule has 0 aliphatic carbocycles. The summed E-state index contributed by atoms with van der Waals surface area (Å²) in [6, 6.07) is 5.14. The summed E-state index contributed by atoms with van der Waals surface area (Å²) >= 11 is 0. The van der Waals surface area contributed by atoms with Crippen molar-refractivity contribution in [2.75, 3.05) is 7.11 Å². The van der Waals surface area contributed by atoms with Gasteiger partial charge in [-0.25, -0.2) is 9.18 Å². The van der Waals surface area contributed by atoms with E-state index in [2.05, 4.69) is 10.1 Å². The highest BCUT2D eigenvalue weighted by Gasteiger charge is 2.19. The molecular weight excluding hydrogens is 237 g/mol. The molecule has 1 rings (SSSR count). The Balaban J connectivity index is 2.58. The fraction of sp³-hybridized carbons (Fsp3) is 0.385. The van der Waals surface area contributed by atoms with Gasteiger partial charge in [0.2, 0.25) is 5.91 Å². The zero-order valence-corrected chi connectivity index (χ0v) is 10.4. The van der Waals surface area contributed by atoms with Crippen LogP contribution in [-0.4, -0.2) is 25.0 Å². The van der Waals surface area contributed by atoms with Gasteiger partial charge < -0.3 is 10.1 Å². The van der Waals surface area contributed by atoms with E-state index in [0.29, 0.717) is 12.0 Å². The molecule has 0 aliphatic rings. The zero-order valence-electron chi connectivity index (χ0n) is 10.4. The molecule has 0 fully saturated rings. The molecule has 5 heteroatoms. The SMILES string of the molecule is CC[C@@H](NC(=O)Cc1cccc(F)c1)C(=O)OC. The van der Waals surface area contributed by atoms with Crippen molar-refractivity contribution < 1.29 is 18.7 Å². The molecule has 98 valence electrons. The first-order valence-electron chi connectivity index (χ1n) is 5.68. The normalized spacial score (nSPS) is 11.7. The van der Waals surface area contributed by atoms with E-state index in [1.54, 1.807) is 13.0 Å². The minimum atomic E-state index is -0.656. The summed E-state index contributed by atoms with van der Waals surface area (Å²) in [5, 5.41) is 2.55. The van der Waals surface area contributed by atoms with Crippen LogP contribution >= 0.6 is 0 Å². The number of benzene rings is 1. The van der Waals surface area contributed by atoms with Crippen LogP contribution in [0.5, 0.6) is 0 Å². The summed E-state index contributed by atoms with van der Waals surface area (Å²) in [6.07, 6.45) is 0.479. The molecule has 4 nitrogen and oxygen atoms in total. The van der Waals surface area contributed by atoms with Gasteiger partial charge in [0.1, 0.15) is 11.9 Å². The first-order valence-corrected chi connectivity index (χ1v) is 5.68. The molecule has 1 amide bonds. The van der Waals surface area contributed by atoms with Crippen LogP contribution in [0.4, 0.5) is 4.39 Å². The van der Waals surface area contributed by atoms with E-state index in [1.807, 2.05) is 0 Å². The smallest absolute Gasteiger partial charge is 0.328 e. The van der Waals surface area contributed by atoms with Crippen LogP contribution in [0.25, 0.3) is 0 Å². The Morgan fingerprint density at radius 2 is 2.17 bits per heavy atom. The highest BCUT2D eigenvalue weighted by atomic mass is 19.1. The Morgan fingerprint density at radius 3 is 2.72 bits per heavy atom. The van der Waals surface area contributed by atoms with Gasteiger partial charge in [0.15, 0.2) is 0 Å². The number of hydrogen-bond donors (Lipinski definition) is 1. The standard InChI is InChI=1S/C13H16FNO3/c1-3-11(13(17)18-2)15-12(16)8-9-5-4-6-10(14)7-9/h4-7,11H,3,8H2,1-2H3,(H,15,16)/t11-/m1/s1. The zero-order chi connectivity index (χ0) is 13.5. The second-order valence-electron chi connectivity index (χ2n) is 3.86. The number of methoxy groups -OCH3 is 1. The van der Waals surface area contributed by atoms with Gasteiger partial charge in [-0.2, -0.15) is 0 Å². The summed E-state index contributed by atoms with van der Waals surface area (Å²) < 4.78 is 17.5. The van der Waals surface area contributed by atoms with Crippen LogP contribution in [0.3, 0.4) is 0 Å². The fourth-order valence-electron chi connectivity index (χ4n) is 1.55. The van der Waals surface area contributed by atoms with Crippen molar-refractivity contribution >= 4 is 11.9 Å². The van der Waals surface area contributed by atoms with Crippen LogP contribution in [0, 0.1) is 5.82 Å². The first kappa shape index (κ1) is 14.2. The lowest BCUT2D eigenvalue weighted by Crippen LogP contribution is -2.41. The van der Waals surface area contributed by atoms with Crippen LogP contribution < -0.4 is 5.32 Å². The number of rotatable bonds is 5. The van der Waals surface area contributed by atoms with E-state index in [4.69, 9.17) is 0 Å².